The van der Waals surface area contributed by atoms with E-state index in [-0.39, 0.29) is 24.2 Å². The molecule has 0 aromatic heterocycles. The molecule has 0 bridgehead atoms. The summed E-state index contributed by atoms with van der Waals surface area (Å²) >= 11 is 0. The van der Waals surface area contributed by atoms with Crippen molar-refractivity contribution in [2.75, 3.05) is 0 Å². The lowest BCUT2D eigenvalue weighted by Crippen LogP contribution is -2.57. The molecular formula is C27H42F2O. The summed E-state index contributed by atoms with van der Waals surface area (Å²) in [6, 6.07) is 0. The minimum absolute atomic E-state index is 0.108. The topological polar surface area (TPSA) is 17.1 Å². The van der Waals surface area contributed by atoms with Crippen molar-refractivity contribution in [2.45, 2.75) is 104 Å². The molecule has 1 unspecified atom stereocenters. The van der Waals surface area contributed by atoms with Crippen molar-refractivity contribution in [1.82, 2.24) is 0 Å². The molecule has 30 heavy (non-hydrogen) atoms. The van der Waals surface area contributed by atoms with E-state index in [0.717, 1.165) is 37.5 Å². The van der Waals surface area contributed by atoms with Gasteiger partial charge in [-0.05, 0) is 105 Å². The molecule has 0 aromatic rings. The number of rotatable bonds is 5. The van der Waals surface area contributed by atoms with Crippen molar-refractivity contribution in [3.8, 4) is 0 Å². The number of ketones is 1. The Kier molecular flexibility index (Phi) is 5.76. The van der Waals surface area contributed by atoms with Crippen LogP contribution in [0.15, 0.2) is 12.2 Å². The van der Waals surface area contributed by atoms with E-state index in [0.29, 0.717) is 23.2 Å². The average molecular weight is 421 g/mol. The summed E-state index contributed by atoms with van der Waals surface area (Å²) in [5, 5.41) is 0. The van der Waals surface area contributed by atoms with Crippen LogP contribution in [-0.2, 0) is 4.79 Å². The van der Waals surface area contributed by atoms with Crippen LogP contribution in [0.25, 0.3) is 0 Å². The first kappa shape index (κ1) is 22.5. The molecule has 0 aromatic carbocycles. The van der Waals surface area contributed by atoms with Gasteiger partial charge in [0.25, 0.3) is 0 Å². The second-order valence-corrected chi connectivity index (χ2v) is 12.2. The highest BCUT2D eigenvalue weighted by Gasteiger charge is 2.64. The molecule has 0 N–H and O–H groups in total. The fourth-order valence-electron chi connectivity index (χ4n) is 9.00. The normalized spacial score (nSPS) is 45.9. The number of allylic oxidation sites excluding steroid dienone is 1. The third-order valence-electron chi connectivity index (χ3n) is 10.5. The molecule has 4 fully saturated rings. The van der Waals surface area contributed by atoms with Gasteiger partial charge in [-0.25, -0.2) is 0 Å². The summed E-state index contributed by atoms with van der Waals surface area (Å²) in [7, 11) is 0. The van der Waals surface area contributed by atoms with E-state index < -0.39 is 11.7 Å². The first-order chi connectivity index (χ1) is 14.0. The molecular weight excluding hydrogens is 378 g/mol. The highest BCUT2D eigenvalue weighted by Crippen LogP contribution is 2.69. The van der Waals surface area contributed by atoms with Gasteiger partial charge in [0, 0.05) is 12.8 Å². The highest BCUT2D eigenvalue weighted by molar-refractivity contribution is 5.86. The summed E-state index contributed by atoms with van der Waals surface area (Å²) in [6.07, 6.45) is 10.6. The van der Waals surface area contributed by atoms with E-state index >= 15 is 0 Å². The van der Waals surface area contributed by atoms with E-state index in [4.69, 9.17) is 0 Å². The van der Waals surface area contributed by atoms with Gasteiger partial charge in [0.2, 0.25) is 5.78 Å². The van der Waals surface area contributed by atoms with Crippen LogP contribution in [0.4, 0.5) is 8.78 Å². The molecule has 0 amide bonds. The Morgan fingerprint density at radius 3 is 2.50 bits per heavy atom. The van der Waals surface area contributed by atoms with Crippen LogP contribution in [0.5, 0.6) is 0 Å². The van der Waals surface area contributed by atoms with Crippen LogP contribution in [0.2, 0.25) is 0 Å². The zero-order chi connectivity index (χ0) is 21.9. The average Bonchev–Trinajstić information content (AvgIpc) is 2.99. The van der Waals surface area contributed by atoms with Crippen LogP contribution in [0, 0.1) is 46.3 Å². The fourth-order valence-corrected chi connectivity index (χ4v) is 9.00. The van der Waals surface area contributed by atoms with Gasteiger partial charge >= 0.3 is 5.92 Å². The van der Waals surface area contributed by atoms with Gasteiger partial charge in [-0.1, -0.05) is 32.8 Å². The number of carbonyl (C=O) groups is 1. The van der Waals surface area contributed by atoms with Gasteiger partial charge < -0.3 is 0 Å². The number of carbonyl (C=O) groups excluding carboxylic acids is 1. The van der Waals surface area contributed by atoms with Gasteiger partial charge in [-0.3, -0.25) is 4.79 Å². The Morgan fingerprint density at radius 1 is 1.10 bits per heavy atom. The molecule has 0 aliphatic heterocycles. The lowest BCUT2D eigenvalue weighted by Gasteiger charge is -2.61. The maximum Gasteiger partial charge on any atom is 0.305 e. The Morgan fingerprint density at radius 2 is 1.80 bits per heavy atom. The molecule has 170 valence electrons. The first-order valence-electron chi connectivity index (χ1n) is 12.5. The Bertz CT molecular complexity index is 699. The molecule has 1 nitrogen and oxygen atoms in total. The molecule has 4 saturated carbocycles. The SMILES string of the molecule is C=C(C)CCC[C@@H](C)[C@H]1CC[C@H]2[C@@H]3CCC4CC(=O)C(F)(F)C[C@]4(C)[C@H]3CC[C@]12C. The largest absolute Gasteiger partial charge is 0.305 e. The minimum atomic E-state index is -3.11. The number of hydrogen-bond donors (Lipinski definition) is 0. The van der Waals surface area contributed by atoms with Crippen LogP contribution >= 0.6 is 0 Å². The Hall–Kier alpha value is -0.730. The standard InChI is InChI=1S/C27H42F2O/c1-17(2)7-6-8-18(3)21-11-12-22-20-10-9-19-15-24(30)27(28,29)16-26(19,5)23(20)13-14-25(21,22)4/h18-23H,1,6-16H2,2-5H3/t18-,19?,20+,21-,22+,23+,25-,26+/m1/s1. The van der Waals surface area contributed by atoms with Crippen LogP contribution in [-0.4, -0.2) is 11.7 Å². The van der Waals surface area contributed by atoms with Gasteiger partial charge in [-0.15, -0.1) is 6.58 Å². The smallest absolute Gasteiger partial charge is 0.293 e. The second-order valence-electron chi connectivity index (χ2n) is 12.2. The molecule has 0 heterocycles. The van der Waals surface area contributed by atoms with Crippen LogP contribution in [0.3, 0.4) is 0 Å². The summed E-state index contributed by atoms with van der Waals surface area (Å²) in [5.41, 5.74) is 1.30. The van der Waals surface area contributed by atoms with Crippen molar-refractivity contribution in [1.29, 1.82) is 0 Å². The quantitative estimate of drug-likeness (QED) is 0.414. The molecule has 0 saturated heterocycles. The van der Waals surface area contributed by atoms with E-state index in [1.165, 1.54) is 37.7 Å². The van der Waals surface area contributed by atoms with E-state index in [9.17, 15) is 13.6 Å². The molecule has 0 radical (unpaired) electrons. The number of Topliss-reactive ketones (excluding diaryl/α,β-unsaturated/α-hetero) is 1. The molecule has 3 heteroatoms. The molecule has 8 atom stereocenters. The highest BCUT2D eigenvalue weighted by atomic mass is 19.3. The van der Waals surface area contributed by atoms with Crippen LogP contribution in [0.1, 0.15) is 98.3 Å². The van der Waals surface area contributed by atoms with Crippen LogP contribution < -0.4 is 0 Å². The number of hydrogen-bond acceptors (Lipinski definition) is 1. The molecule has 0 spiro atoms. The van der Waals surface area contributed by atoms with Crippen molar-refractivity contribution in [3.05, 3.63) is 12.2 Å². The van der Waals surface area contributed by atoms with Crippen molar-refractivity contribution >= 4 is 5.78 Å². The maximum atomic E-state index is 14.5. The summed E-state index contributed by atoms with van der Waals surface area (Å²) < 4.78 is 29.0. The van der Waals surface area contributed by atoms with Gasteiger partial charge in [0.15, 0.2) is 0 Å². The molecule has 4 rings (SSSR count). The number of fused-ring (bicyclic) bond motifs is 5. The number of alkyl halides is 2. The van der Waals surface area contributed by atoms with Crippen molar-refractivity contribution in [2.24, 2.45) is 46.3 Å². The zero-order valence-electron chi connectivity index (χ0n) is 19.6. The second kappa shape index (κ2) is 7.69. The van der Waals surface area contributed by atoms with Gasteiger partial charge in [0.1, 0.15) is 0 Å². The van der Waals surface area contributed by atoms with E-state index in [1.807, 2.05) is 0 Å². The van der Waals surface area contributed by atoms with Crippen molar-refractivity contribution < 1.29 is 13.6 Å². The predicted molar refractivity (Wildman–Crippen MR) is 118 cm³/mol. The first-order valence-corrected chi connectivity index (χ1v) is 12.5. The minimum Gasteiger partial charge on any atom is -0.293 e. The number of halogens is 2. The monoisotopic (exact) mass is 420 g/mol. The summed E-state index contributed by atoms with van der Waals surface area (Å²) in [4.78, 5) is 12.0. The molecule has 4 aliphatic rings. The molecule has 4 aliphatic carbocycles. The fraction of sp³-hybridized carbons (Fsp3) is 0.889. The van der Waals surface area contributed by atoms with Gasteiger partial charge in [0.05, 0.1) is 0 Å². The zero-order valence-corrected chi connectivity index (χ0v) is 19.6. The predicted octanol–water partition coefficient (Wildman–Crippen LogP) is 7.84. The third kappa shape index (κ3) is 3.51. The third-order valence-corrected chi connectivity index (χ3v) is 10.5. The lowest BCUT2D eigenvalue weighted by molar-refractivity contribution is -0.183. The Balaban J connectivity index is 1.51. The Labute approximate surface area is 182 Å². The van der Waals surface area contributed by atoms with E-state index in [2.05, 4.69) is 34.3 Å². The maximum absolute atomic E-state index is 14.5. The van der Waals surface area contributed by atoms with E-state index in [1.54, 1.807) is 0 Å². The summed E-state index contributed by atoms with van der Waals surface area (Å²) in [6.45, 7) is 13.3. The van der Waals surface area contributed by atoms with Crippen molar-refractivity contribution in [3.63, 3.8) is 0 Å². The van der Waals surface area contributed by atoms with Gasteiger partial charge in [-0.2, -0.15) is 8.78 Å². The summed E-state index contributed by atoms with van der Waals surface area (Å²) in [5.74, 6) is -0.569. The lowest BCUT2D eigenvalue weighted by atomic mass is 9.44.